The molecule has 1 aliphatic heterocycles. The second-order valence-electron chi connectivity index (χ2n) is 3.42. The molecule has 4 heteroatoms. The third kappa shape index (κ3) is 1.59. The summed E-state index contributed by atoms with van der Waals surface area (Å²) >= 11 is 0. The van der Waals surface area contributed by atoms with E-state index in [0.29, 0.717) is 6.04 Å². The van der Waals surface area contributed by atoms with E-state index >= 15 is 0 Å². The monoisotopic (exact) mass is 181 g/mol. The second kappa shape index (κ2) is 3.47. The summed E-state index contributed by atoms with van der Waals surface area (Å²) in [5.41, 5.74) is 2.46. The average Bonchev–Trinajstić information content (AvgIpc) is 2.48. The molecule has 13 heavy (non-hydrogen) atoms. The summed E-state index contributed by atoms with van der Waals surface area (Å²) in [5.74, 6) is 0. The van der Waals surface area contributed by atoms with Gasteiger partial charge in [0.1, 0.15) is 0 Å². The number of nitrogens with zero attached hydrogens (tertiary/aromatic N) is 2. The number of hydrogen-bond acceptors (Lipinski definition) is 3. The van der Waals surface area contributed by atoms with Crippen LogP contribution in [0.3, 0.4) is 0 Å². The highest BCUT2D eigenvalue weighted by Gasteiger charge is 2.19. The molecular weight excluding hydrogens is 166 g/mol. The molecule has 0 saturated carbocycles. The fourth-order valence-electron chi connectivity index (χ4n) is 1.80. The van der Waals surface area contributed by atoms with E-state index in [1.54, 1.807) is 0 Å². The van der Waals surface area contributed by atoms with Crippen LogP contribution >= 0.6 is 0 Å². The minimum atomic E-state index is 0.307. The Balaban J connectivity index is 2.22. The van der Waals surface area contributed by atoms with Crippen molar-refractivity contribution >= 4 is 0 Å². The molecule has 0 bridgehead atoms. The molecule has 0 radical (unpaired) electrons. The van der Waals surface area contributed by atoms with Crippen LogP contribution in [0.5, 0.6) is 0 Å². The van der Waals surface area contributed by atoms with Gasteiger partial charge in [-0.15, -0.1) is 0 Å². The highest BCUT2D eigenvalue weighted by Crippen LogP contribution is 2.18. The lowest BCUT2D eigenvalue weighted by molar-refractivity contribution is 0.0742. The Bertz CT molecular complexity index is 270. The first kappa shape index (κ1) is 8.72. The first-order valence-corrected chi connectivity index (χ1v) is 4.58. The number of rotatable bonds is 1. The third-order valence-electron chi connectivity index (χ3n) is 2.43. The van der Waals surface area contributed by atoms with Gasteiger partial charge in [-0.1, -0.05) is 0 Å². The number of nitrogens with one attached hydrogen (secondary N) is 1. The van der Waals surface area contributed by atoms with Crippen LogP contribution in [0.2, 0.25) is 0 Å². The van der Waals surface area contributed by atoms with Crippen LogP contribution in [-0.4, -0.2) is 29.5 Å². The SMILES string of the molecule is Cc1cnn(C)c1C1COCCN1. The zero-order chi connectivity index (χ0) is 9.26. The zero-order valence-corrected chi connectivity index (χ0v) is 8.08. The van der Waals surface area contributed by atoms with Crippen molar-refractivity contribution in [3.63, 3.8) is 0 Å². The van der Waals surface area contributed by atoms with Gasteiger partial charge >= 0.3 is 0 Å². The molecule has 1 aromatic heterocycles. The number of ether oxygens (including phenoxy) is 1. The molecule has 0 aromatic carbocycles. The lowest BCUT2D eigenvalue weighted by Crippen LogP contribution is -2.36. The molecule has 1 aromatic rings. The van der Waals surface area contributed by atoms with Gasteiger partial charge in [0.15, 0.2) is 0 Å². The minimum absolute atomic E-state index is 0.307. The van der Waals surface area contributed by atoms with E-state index in [1.165, 1.54) is 11.3 Å². The highest BCUT2D eigenvalue weighted by molar-refractivity contribution is 5.19. The van der Waals surface area contributed by atoms with Crippen molar-refractivity contribution in [1.82, 2.24) is 15.1 Å². The van der Waals surface area contributed by atoms with E-state index in [1.807, 2.05) is 17.9 Å². The smallest absolute Gasteiger partial charge is 0.0732 e. The fraction of sp³-hybridized carbons (Fsp3) is 0.667. The summed E-state index contributed by atoms with van der Waals surface area (Å²) in [6, 6.07) is 0.307. The van der Waals surface area contributed by atoms with Crippen LogP contribution in [0.4, 0.5) is 0 Å². The fourth-order valence-corrected chi connectivity index (χ4v) is 1.80. The van der Waals surface area contributed by atoms with Gasteiger partial charge in [-0.05, 0) is 12.5 Å². The molecule has 1 fully saturated rings. The molecule has 1 N–H and O–H groups in total. The van der Waals surface area contributed by atoms with Crippen molar-refractivity contribution in [2.75, 3.05) is 19.8 Å². The third-order valence-corrected chi connectivity index (χ3v) is 2.43. The normalized spacial score (nSPS) is 23.4. The Kier molecular flexibility index (Phi) is 2.33. The predicted octanol–water partition coefficient (Wildman–Crippen LogP) is 0.389. The molecule has 1 saturated heterocycles. The Hall–Kier alpha value is -0.870. The quantitative estimate of drug-likeness (QED) is 0.681. The molecule has 1 unspecified atom stereocenters. The van der Waals surface area contributed by atoms with Gasteiger partial charge in [-0.2, -0.15) is 5.10 Å². The van der Waals surface area contributed by atoms with Crippen molar-refractivity contribution in [3.8, 4) is 0 Å². The Morgan fingerprint density at radius 1 is 1.69 bits per heavy atom. The average molecular weight is 181 g/mol. The zero-order valence-electron chi connectivity index (χ0n) is 8.08. The molecule has 2 heterocycles. The van der Waals surface area contributed by atoms with Crippen LogP contribution in [0.1, 0.15) is 17.3 Å². The molecule has 1 atom stereocenters. The molecule has 0 aliphatic carbocycles. The van der Waals surface area contributed by atoms with Crippen molar-refractivity contribution in [1.29, 1.82) is 0 Å². The van der Waals surface area contributed by atoms with E-state index < -0.39 is 0 Å². The Labute approximate surface area is 77.9 Å². The maximum absolute atomic E-state index is 5.41. The van der Waals surface area contributed by atoms with Crippen molar-refractivity contribution < 1.29 is 4.74 Å². The van der Waals surface area contributed by atoms with E-state index in [9.17, 15) is 0 Å². The van der Waals surface area contributed by atoms with Gasteiger partial charge in [-0.25, -0.2) is 0 Å². The topological polar surface area (TPSA) is 39.1 Å². The van der Waals surface area contributed by atoms with Crippen LogP contribution in [0.25, 0.3) is 0 Å². The van der Waals surface area contributed by atoms with Crippen LogP contribution in [-0.2, 0) is 11.8 Å². The lowest BCUT2D eigenvalue weighted by atomic mass is 10.1. The van der Waals surface area contributed by atoms with Crippen molar-refractivity contribution in [2.24, 2.45) is 7.05 Å². The number of morpholine rings is 1. The summed E-state index contributed by atoms with van der Waals surface area (Å²) in [6.45, 7) is 4.57. The summed E-state index contributed by atoms with van der Waals surface area (Å²) < 4.78 is 7.33. The molecule has 1 aliphatic rings. The van der Waals surface area contributed by atoms with Crippen LogP contribution < -0.4 is 5.32 Å². The molecule has 0 amide bonds. The Morgan fingerprint density at radius 3 is 3.08 bits per heavy atom. The summed E-state index contributed by atoms with van der Waals surface area (Å²) in [5, 5.41) is 7.63. The van der Waals surface area contributed by atoms with Crippen LogP contribution in [0.15, 0.2) is 6.20 Å². The van der Waals surface area contributed by atoms with Crippen molar-refractivity contribution in [2.45, 2.75) is 13.0 Å². The first-order chi connectivity index (χ1) is 6.29. The van der Waals surface area contributed by atoms with Crippen molar-refractivity contribution in [3.05, 3.63) is 17.5 Å². The minimum Gasteiger partial charge on any atom is -0.378 e. The summed E-state index contributed by atoms with van der Waals surface area (Å²) in [4.78, 5) is 0. The maximum atomic E-state index is 5.41. The van der Waals surface area contributed by atoms with E-state index in [4.69, 9.17) is 4.74 Å². The molecule has 4 nitrogen and oxygen atoms in total. The van der Waals surface area contributed by atoms with Gasteiger partial charge in [0.2, 0.25) is 0 Å². The summed E-state index contributed by atoms with van der Waals surface area (Å²) in [7, 11) is 1.97. The van der Waals surface area contributed by atoms with Gasteiger partial charge in [-0.3, -0.25) is 4.68 Å². The van der Waals surface area contributed by atoms with E-state index in [2.05, 4.69) is 17.3 Å². The molecular formula is C9H15N3O. The first-order valence-electron chi connectivity index (χ1n) is 4.58. The van der Waals surface area contributed by atoms with E-state index in [0.717, 1.165) is 19.8 Å². The van der Waals surface area contributed by atoms with Crippen LogP contribution in [0, 0.1) is 6.92 Å². The number of hydrogen-bond donors (Lipinski definition) is 1. The number of aryl methyl sites for hydroxylation is 2. The van der Waals surface area contributed by atoms with Gasteiger partial charge in [0, 0.05) is 13.6 Å². The molecule has 0 spiro atoms. The summed E-state index contributed by atoms with van der Waals surface area (Å²) in [6.07, 6.45) is 1.89. The Morgan fingerprint density at radius 2 is 2.54 bits per heavy atom. The van der Waals surface area contributed by atoms with E-state index in [-0.39, 0.29) is 0 Å². The molecule has 2 rings (SSSR count). The number of aromatic nitrogens is 2. The van der Waals surface area contributed by atoms with Gasteiger partial charge in [0.05, 0.1) is 31.1 Å². The molecule has 72 valence electrons. The largest absolute Gasteiger partial charge is 0.378 e. The predicted molar refractivity (Wildman–Crippen MR) is 49.5 cm³/mol. The van der Waals surface area contributed by atoms with Gasteiger partial charge in [0.25, 0.3) is 0 Å². The highest BCUT2D eigenvalue weighted by atomic mass is 16.5. The second-order valence-corrected chi connectivity index (χ2v) is 3.42. The lowest BCUT2D eigenvalue weighted by Gasteiger charge is -2.24. The standard InChI is InChI=1S/C9H15N3O/c1-7-5-11-12(2)9(7)8-6-13-4-3-10-8/h5,8,10H,3-4,6H2,1-2H3. The van der Waals surface area contributed by atoms with Gasteiger partial charge < -0.3 is 10.1 Å². The maximum Gasteiger partial charge on any atom is 0.0732 e.